The Labute approximate surface area is 128 Å². The molecule has 0 atom stereocenters. The molecule has 1 amide bonds. The van der Waals surface area contributed by atoms with Crippen molar-refractivity contribution in [2.24, 2.45) is 0 Å². The molecule has 0 bridgehead atoms. The molecule has 0 unspecified atom stereocenters. The van der Waals surface area contributed by atoms with E-state index in [1.165, 1.54) is 12.3 Å². The van der Waals surface area contributed by atoms with Gasteiger partial charge in [-0.05, 0) is 32.0 Å². The van der Waals surface area contributed by atoms with E-state index in [4.69, 9.17) is 27.7 Å². The van der Waals surface area contributed by atoms with Crippen LogP contribution in [-0.4, -0.2) is 23.2 Å². The highest BCUT2D eigenvalue weighted by Gasteiger charge is 2.16. The first-order valence-corrected chi connectivity index (χ1v) is 6.52. The molecule has 6 nitrogen and oxygen atoms in total. The molecule has 1 rings (SSSR count). The second-order valence-corrected chi connectivity index (χ2v) is 5.45. The number of nitrogens with one attached hydrogen (secondary N) is 2. The molecule has 0 spiro atoms. The fourth-order valence-corrected chi connectivity index (χ4v) is 1.45. The molecule has 112 valence electrons. The molecule has 0 heterocycles. The Morgan fingerprint density at radius 1 is 1.57 bits per heavy atom. The number of hydrogen-bond acceptors (Lipinski definition) is 5. The normalized spacial score (nSPS) is 11.7. The van der Waals surface area contributed by atoms with Crippen molar-refractivity contribution in [3.8, 4) is 6.07 Å². The number of aliphatic hydroxyl groups is 1. The minimum absolute atomic E-state index is 0.121. The van der Waals surface area contributed by atoms with E-state index in [1.807, 2.05) is 0 Å². The van der Waals surface area contributed by atoms with Crippen LogP contribution in [0.4, 0.5) is 11.4 Å². The zero-order valence-corrected chi connectivity index (χ0v) is 12.5. The highest BCUT2D eigenvalue weighted by atomic mass is 35.5. The second-order valence-electron chi connectivity index (χ2n) is 5.05. The molecule has 0 aliphatic carbocycles. The number of nitrogens with two attached hydrogens (primary N) is 1. The summed E-state index contributed by atoms with van der Waals surface area (Å²) in [6.07, 6.45) is 1.27. The fourth-order valence-electron chi connectivity index (χ4n) is 1.27. The predicted octanol–water partition coefficient (Wildman–Crippen LogP) is 1.63. The lowest BCUT2D eigenvalue weighted by molar-refractivity contribution is -0.112. The van der Waals surface area contributed by atoms with Crippen LogP contribution in [-0.2, 0) is 4.79 Å². The third-order valence-electron chi connectivity index (χ3n) is 2.63. The summed E-state index contributed by atoms with van der Waals surface area (Å²) in [5.74, 6) is -0.584. The van der Waals surface area contributed by atoms with Crippen LogP contribution in [0.2, 0.25) is 5.02 Å². The van der Waals surface area contributed by atoms with Crippen molar-refractivity contribution < 1.29 is 9.90 Å². The zero-order valence-electron chi connectivity index (χ0n) is 11.8. The molecule has 7 heteroatoms. The largest absolute Gasteiger partial charge is 0.398 e. The third-order valence-corrected chi connectivity index (χ3v) is 2.95. The van der Waals surface area contributed by atoms with Gasteiger partial charge in [-0.3, -0.25) is 4.79 Å². The van der Waals surface area contributed by atoms with Crippen LogP contribution < -0.4 is 16.4 Å². The maximum Gasteiger partial charge on any atom is 0.267 e. The molecule has 0 aliphatic heterocycles. The van der Waals surface area contributed by atoms with E-state index >= 15 is 0 Å². The summed E-state index contributed by atoms with van der Waals surface area (Å²) < 4.78 is 0. The maximum atomic E-state index is 12.0. The van der Waals surface area contributed by atoms with Gasteiger partial charge in [0.1, 0.15) is 11.6 Å². The summed E-state index contributed by atoms with van der Waals surface area (Å²) >= 11 is 5.85. The highest BCUT2D eigenvalue weighted by Crippen LogP contribution is 2.22. The first-order valence-electron chi connectivity index (χ1n) is 6.14. The van der Waals surface area contributed by atoms with Crippen molar-refractivity contribution >= 4 is 28.9 Å². The SMILES string of the molecule is CC(C)(CO)N/C=C(/C#N)C(=O)Nc1ccc(N)c(Cl)c1. The van der Waals surface area contributed by atoms with Gasteiger partial charge in [0.05, 0.1) is 22.9 Å². The topological polar surface area (TPSA) is 111 Å². The second kappa shape index (κ2) is 6.97. The van der Waals surface area contributed by atoms with Gasteiger partial charge in [0.25, 0.3) is 5.91 Å². The zero-order chi connectivity index (χ0) is 16.0. The van der Waals surface area contributed by atoms with Gasteiger partial charge in [-0.25, -0.2) is 0 Å². The molecule has 1 aromatic rings. The van der Waals surface area contributed by atoms with E-state index in [-0.39, 0.29) is 12.2 Å². The van der Waals surface area contributed by atoms with Crippen LogP contribution >= 0.6 is 11.6 Å². The molecule has 0 aliphatic rings. The van der Waals surface area contributed by atoms with Crippen molar-refractivity contribution in [2.45, 2.75) is 19.4 Å². The van der Waals surface area contributed by atoms with Crippen LogP contribution in [0, 0.1) is 11.3 Å². The summed E-state index contributed by atoms with van der Waals surface area (Å²) in [7, 11) is 0. The summed E-state index contributed by atoms with van der Waals surface area (Å²) in [6, 6.07) is 6.43. The Kier molecular flexibility index (Phi) is 5.59. The Morgan fingerprint density at radius 3 is 2.76 bits per heavy atom. The lowest BCUT2D eigenvalue weighted by Crippen LogP contribution is -2.39. The van der Waals surface area contributed by atoms with Crippen molar-refractivity contribution in [1.82, 2.24) is 5.32 Å². The number of halogens is 1. The van der Waals surface area contributed by atoms with Gasteiger partial charge in [0.2, 0.25) is 0 Å². The Morgan fingerprint density at radius 2 is 2.24 bits per heavy atom. The quantitative estimate of drug-likeness (QED) is 0.375. The molecule has 21 heavy (non-hydrogen) atoms. The highest BCUT2D eigenvalue weighted by molar-refractivity contribution is 6.33. The van der Waals surface area contributed by atoms with E-state index in [1.54, 1.807) is 32.0 Å². The number of benzene rings is 1. The molecule has 0 fully saturated rings. The molecule has 0 saturated heterocycles. The van der Waals surface area contributed by atoms with Crippen LogP contribution in [0.1, 0.15) is 13.8 Å². The van der Waals surface area contributed by atoms with Gasteiger partial charge in [0.15, 0.2) is 0 Å². The monoisotopic (exact) mass is 308 g/mol. The number of rotatable bonds is 5. The number of carbonyl (C=O) groups is 1. The number of hydrogen-bond donors (Lipinski definition) is 4. The van der Waals surface area contributed by atoms with Crippen molar-refractivity contribution in [1.29, 1.82) is 5.26 Å². The third kappa shape index (κ3) is 4.99. The van der Waals surface area contributed by atoms with Crippen LogP contribution in [0.25, 0.3) is 0 Å². The van der Waals surface area contributed by atoms with E-state index in [2.05, 4.69) is 10.6 Å². The minimum Gasteiger partial charge on any atom is -0.398 e. The van der Waals surface area contributed by atoms with Crippen molar-refractivity contribution in [2.75, 3.05) is 17.7 Å². The number of anilines is 2. The average molecular weight is 309 g/mol. The Balaban J connectivity index is 2.83. The van der Waals surface area contributed by atoms with E-state index in [0.717, 1.165) is 0 Å². The molecule has 0 radical (unpaired) electrons. The summed E-state index contributed by atoms with van der Waals surface area (Å²) in [5.41, 5.74) is 5.65. The van der Waals surface area contributed by atoms with E-state index < -0.39 is 11.4 Å². The maximum absolute atomic E-state index is 12.0. The number of nitriles is 1. The van der Waals surface area contributed by atoms with E-state index in [9.17, 15) is 4.79 Å². The molecule has 0 saturated carbocycles. The molecular formula is C14H17ClN4O2. The number of aliphatic hydroxyl groups excluding tert-OH is 1. The van der Waals surface area contributed by atoms with E-state index in [0.29, 0.717) is 16.4 Å². The van der Waals surface area contributed by atoms with Gasteiger partial charge in [-0.15, -0.1) is 0 Å². The smallest absolute Gasteiger partial charge is 0.267 e. The molecule has 0 aromatic heterocycles. The number of carbonyl (C=O) groups excluding carboxylic acids is 1. The van der Waals surface area contributed by atoms with Gasteiger partial charge >= 0.3 is 0 Å². The number of nitrogens with zero attached hydrogens (tertiary/aromatic N) is 1. The van der Waals surface area contributed by atoms with Gasteiger partial charge in [-0.1, -0.05) is 11.6 Å². The molecule has 1 aromatic carbocycles. The predicted molar refractivity (Wildman–Crippen MR) is 82.5 cm³/mol. The van der Waals surface area contributed by atoms with Crippen LogP contribution in [0.3, 0.4) is 0 Å². The van der Waals surface area contributed by atoms with Crippen molar-refractivity contribution in [3.05, 3.63) is 35.0 Å². The number of nitrogen functional groups attached to an aromatic ring is 1. The molecule has 5 N–H and O–H groups in total. The van der Waals surface area contributed by atoms with Crippen molar-refractivity contribution in [3.63, 3.8) is 0 Å². The minimum atomic E-state index is -0.632. The number of amides is 1. The lowest BCUT2D eigenvalue weighted by atomic mass is 10.1. The first-order chi connectivity index (χ1) is 9.79. The first kappa shape index (κ1) is 16.8. The summed E-state index contributed by atoms with van der Waals surface area (Å²) in [5, 5.41) is 23.8. The Bertz CT molecular complexity index is 605. The molecular weight excluding hydrogens is 292 g/mol. The van der Waals surface area contributed by atoms with Gasteiger partial charge in [0, 0.05) is 11.9 Å². The van der Waals surface area contributed by atoms with Crippen LogP contribution in [0.5, 0.6) is 0 Å². The fraction of sp³-hybridized carbons (Fsp3) is 0.286. The summed E-state index contributed by atoms with van der Waals surface area (Å²) in [4.78, 5) is 12.0. The Hall–Kier alpha value is -2.23. The summed E-state index contributed by atoms with van der Waals surface area (Å²) in [6.45, 7) is 3.32. The lowest BCUT2D eigenvalue weighted by Gasteiger charge is -2.22. The van der Waals surface area contributed by atoms with Crippen LogP contribution in [0.15, 0.2) is 30.0 Å². The standard InChI is InChI=1S/C14H17ClN4O2/c1-14(2,8-20)18-7-9(6-16)13(21)19-10-3-4-12(17)11(15)5-10/h3-5,7,18,20H,8,17H2,1-2H3,(H,19,21)/b9-7-. The van der Waals surface area contributed by atoms with Gasteiger partial charge < -0.3 is 21.5 Å². The average Bonchev–Trinajstić information content (AvgIpc) is 2.43. The van der Waals surface area contributed by atoms with Gasteiger partial charge in [-0.2, -0.15) is 5.26 Å².